The van der Waals surface area contributed by atoms with Crippen LogP contribution in [0.25, 0.3) is 0 Å². The number of nitro groups is 2. The fourth-order valence-electron chi connectivity index (χ4n) is 1.23. The molecule has 0 heterocycles. The normalized spacial score (nSPS) is 11.0. The first-order valence-electron chi connectivity index (χ1n) is 5.43. The van der Waals surface area contributed by atoms with Gasteiger partial charge in [-0.25, -0.2) is 0 Å². The van der Waals surface area contributed by atoms with Gasteiger partial charge in [0.15, 0.2) is 0 Å². The van der Waals surface area contributed by atoms with E-state index in [1.165, 1.54) is 18.3 Å². The van der Waals surface area contributed by atoms with Crippen LogP contribution in [0.1, 0.15) is 13.3 Å². The largest absolute Gasteiger partial charge is 0.301 e. The molecule has 1 rings (SSSR count). The number of non-ortho nitro benzene ring substituents is 1. The molecule has 0 atom stereocenters. The Balaban J connectivity index is 2.94. The highest BCUT2D eigenvalue weighted by molar-refractivity contribution is 5.73. The SMILES string of the molecule is CC/C=C/C=NNc1ccc([N+](=O)[O-])cc1[N+](=O)[O-]. The van der Waals surface area contributed by atoms with Gasteiger partial charge in [0, 0.05) is 12.3 Å². The van der Waals surface area contributed by atoms with Gasteiger partial charge in [-0.1, -0.05) is 13.0 Å². The Morgan fingerprint density at radius 2 is 2.05 bits per heavy atom. The molecule has 8 heteroatoms. The van der Waals surface area contributed by atoms with Crippen molar-refractivity contribution in [2.24, 2.45) is 5.10 Å². The molecule has 1 N–H and O–H groups in total. The third-order valence-electron chi connectivity index (χ3n) is 2.11. The Morgan fingerprint density at radius 1 is 1.32 bits per heavy atom. The fraction of sp³-hybridized carbons (Fsp3) is 0.182. The second kappa shape index (κ2) is 6.84. The van der Waals surface area contributed by atoms with E-state index in [0.29, 0.717) is 0 Å². The molecule has 0 amide bonds. The van der Waals surface area contributed by atoms with Crippen molar-refractivity contribution in [3.8, 4) is 0 Å². The molecule has 0 saturated heterocycles. The number of allylic oxidation sites excluding steroid dienone is 2. The number of rotatable bonds is 6. The van der Waals surface area contributed by atoms with Gasteiger partial charge in [0.25, 0.3) is 5.69 Å². The lowest BCUT2D eigenvalue weighted by atomic mass is 10.2. The van der Waals surface area contributed by atoms with Crippen LogP contribution in [0.4, 0.5) is 17.1 Å². The Kier molecular flexibility index (Phi) is 5.15. The average Bonchev–Trinajstić information content (AvgIpc) is 2.38. The van der Waals surface area contributed by atoms with Gasteiger partial charge in [-0.05, 0) is 18.6 Å². The van der Waals surface area contributed by atoms with Crippen LogP contribution in [-0.4, -0.2) is 16.1 Å². The number of nitro benzene ring substituents is 2. The summed E-state index contributed by atoms with van der Waals surface area (Å²) < 4.78 is 0. The molecule has 0 aliphatic rings. The molecule has 100 valence electrons. The maximum Gasteiger partial charge on any atom is 0.301 e. The van der Waals surface area contributed by atoms with Gasteiger partial charge in [0.05, 0.1) is 15.9 Å². The van der Waals surface area contributed by atoms with E-state index in [4.69, 9.17) is 0 Å². The van der Waals surface area contributed by atoms with Crippen molar-refractivity contribution in [2.75, 3.05) is 5.43 Å². The summed E-state index contributed by atoms with van der Waals surface area (Å²) in [5.41, 5.74) is 1.83. The maximum absolute atomic E-state index is 10.8. The van der Waals surface area contributed by atoms with Gasteiger partial charge >= 0.3 is 5.69 Å². The molecule has 0 aliphatic heterocycles. The molecular formula is C11H12N4O4. The van der Waals surface area contributed by atoms with E-state index in [-0.39, 0.29) is 11.4 Å². The third kappa shape index (κ3) is 4.19. The zero-order valence-electron chi connectivity index (χ0n) is 10.1. The summed E-state index contributed by atoms with van der Waals surface area (Å²) >= 11 is 0. The summed E-state index contributed by atoms with van der Waals surface area (Å²) in [7, 11) is 0. The number of anilines is 1. The van der Waals surface area contributed by atoms with Crippen LogP contribution in [0.15, 0.2) is 35.5 Å². The van der Waals surface area contributed by atoms with Gasteiger partial charge in [-0.3, -0.25) is 25.7 Å². The molecule has 0 fully saturated rings. The second-order valence-corrected chi connectivity index (χ2v) is 3.44. The van der Waals surface area contributed by atoms with Gasteiger partial charge in [0.2, 0.25) is 0 Å². The summed E-state index contributed by atoms with van der Waals surface area (Å²) in [5, 5.41) is 25.1. The molecule has 0 radical (unpaired) electrons. The summed E-state index contributed by atoms with van der Waals surface area (Å²) in [4.78, 5) is 20.0. The van der Waals surface area contributed by atoms with E-state index < -0.39 is 15.5 Å². The first-order chi connectivity index (χ1) is 9.06. The van der Waals surface area contributed by atoms with Crippen molar-refractivity contribution in [3.63, 3.8) is 0 Å². The number of nitrogens with one attached hydrogen (secondary N) is 1. The molecule has 0 bridgehead atoms. The van der Waals surface area contributed by atoms with Crippen LogP contribution in [0.2, 0.25) is 0 Å². The predicted octanol–water partition coefficient (Wildman–Crippen LogP) is 2.87. The lowest BCUT2D eigenvalue weighted by Gasteiger charge is -2.01. The summed E-state index contributed by atoms with van der Waals surface area (Å²) in [5.74, 6) is 0. The third-order valence-corrected chi connectivity index (χ3v) is 2.11. The van der Waals surface area contributed by atoms with Gasteiger partial charge in [-0.2, -0.15) is 5.10 Å². The zero-order chi connectivity index (χ0) is 14.3. The van der Waals surface area contributed by atoms with Crippen LogP contribution in [-0.2, 0) is 0 Å². The Morgan fingerprint density at radius 3 is 2.63 bits per heavy atom. The van der Waals surface area contributed by atoms with E-state index in [1.807, 2.05) is 13.0 Å². The minimum Gasteiger partial charge on any atom is -0.272 e. The second-order valence-electron chi connectivity index (χ2n) is 3.44. The molecule has 0 aliphatic carbocycles. The smallest absolute Gasteiger partial charge is 0.272 e. The minimum absolute atomic E-state index is 0.0942. The lowest BCUT2D eigenvalue weighted by molar-refractivity contribution is -0.393. The highest BCUT2D eigenvalue weighted by Crippen LogP contribution is 2.28. The van der Waals surface area contributed by atoms with Crippen LogP contribution in [0.3, 0.4) is 0 Å². The summed E-state index contributed by atoms with van der Waals surface area (Å²) in [6.45, 7) is 1.96. The fourth-order valence-corrected chi connectivity index (χ4v) is 1.23. The van der Waals surface area contributed by atoms with Gasteiger partial charge in [0.1, 0.15) is 5.69 Å². The number of benzene rings is 1. The van der Waals surface area contributed by atoms with Crippen LogP contribution < -0.4 is 5.43 Å². The standard InChI is InChI=1S/C11H12N4O4/c1-2-3-4-7-12-13-10-6-5-9(14(16)17)8-11(10)15(18)19/h3-8,13H,2H2,1H3/b4-3+,12-7?. The van der Waals surface area contributed by atoms with Gasteiger partial charge < -0.3 is 0 Å². The molecule has 1 aromatic carbocycles. The van der Waals surface area contributed by atoms with Crippen molar-refractivity contribution < 1.29 is 9.85 Å². The quantitative estimate of drug-likeness (QED) is 0.482. The van der Waals surface area contributed by atoms with Crippen molar-refractivity contribution in [1.29, 1.82) is 0 Å². The predicted molar refractivity (Wildman–Crippen MR) is 71.3 cm³/mol. The van der Waals surface area contributed by atoms with Crippen molar-refractivity contribution in [1.82, 2.24) is 0 Å². The Labute approximate surface area is 108 Å². The van der Waals surface area contributed by atoms with Crippen LogP contribution in [0.5, 0.6) is 0 Å². The van der Waals surface area contributed by atoms with Crippen LogP contribution >= 0.6 is 0 Å². The number of nitrogens with zero attached hydrogens (tertiary/aromatic N) is 3. The van der Waals surface area contributed by atoms with Crippen molar-refractivity contribution in [2.45, 2.75) is 13.3 Å². The molecule has 8 nitrogen and oxygen atoms in total. The molecule has 0 saturated carbocycles. The lowest BCUT2D eigenvalue weighted by Crippen LogP contribution is -1.98. The minimum atomic E-state index is -0.702. The summed E-state index contributed by atoms with van der Waals surface area (Å²) in [6.07, 6.45) is 5.83. The Bertz CT molecular complexity index is 539. The van der Waals surface area contributed by atoms with E-state index in [2.05, 4.69) is 10.5 Å². The number of hydrogen-bond donors (Lipinski definition) is 1. The Hall–Kier alpha value is -2.77. The molecule has 0 unspecified atom stereocenters. The average molecular weight is 264 g/mol. The van der Waals surface area contributed by atoms with E-state index in [9.17, 15) is 20.2 Å². The molecule has 19 heavy (non-hydrogen) atoms. The molecule has 0 aromatic heterocycles. The highest BCUT2D eigenvalue weighted by Gasteiger charge is 2.18. The monoisotopic (exact) mass is 264 g/mol. The maximum atomic E-state index is 10.8. The first kappa shape index (κ1) is 14.3. The zero-order valence-corrected chi connectivity index (χ0v) is 10.1. The molecular weight excluding hydrogens is 252 g/mol. The van der Waals surface area contributed by atoms with Gasteiger partial charge in [-0.15, -0.1) is 0 Å². The van der Waals surface area contributed by atoms with Crippen molar-refractivity contribution in [3.05, 3.63) is 50.6 Å². The van der Waals surface area contributed by atoms with Crippen LogP contribution in [0, 0.1) is 20.2 Å². The molecule has 1 aromatic rings. The first-order valence-corrected chi connectivity index (χ1v) is 5.43. The molecule has 0 spiro atoms. The van der Waals surface area contributed by atoms with Crippen molar-refractivity contribution >= 4 is 23.3 Å². The highest BCUT2D eigenvalue weighted by atomic mass is 16.6. The topological polar surface area (TPSA) is 111 Å². The van der Waals surface area contributed by atoms with E-state index in [1.54, 1.807) is 6.08 Å². The summed E-state index contributed by atoms with van der Waals surface area (Å²) in [6, 6.07) is 3.31. The van der Waals surface area contributed by atoms with E-state index >= 15 is 0 Å². The number of hydrazone groups is 1. The van der Waals surface area contributed by atoms with E-state index in [0.717, 1.165) is 12.5 Å². The number of hydrogen-bond acceptors (Lipinski definition) is 6.